The van der Waals surface area contributed by atoms with Gasteiger partial charge in [0, 0.05) is 17.2 Å². The van der Waals surface area contributed by atoms with Gasteiger partial charge in [0.2, 0.25) is 0 Å². The van der Waals surface area contributed by atoms with E-state index in [1.807, 2.05) is 30.3 Å². The number of nitrogens with zero attached hydrogens (tertiary/aromatic N) is 1. The SMILES string of the molecule is C=CCSCCN=C(N)Nc1ccc(OC)cc1.I. The lowest BCUT2D eigenvalue weighted by atomic mass is 10.3. The maximum atomic E-state index is 5.77. The molecular formula is C13H20IN3OS. The molecule has 0 aliphatic heterocycles. The molecule has 0 amide bonds. The zero-order valence-electron chi connectivity index (χ0n) is 11.0. The first-order valence-electron chi connectivity index (χ1n) is 5.66. The fourth-order valence-electron chi connectivity index (χ4n) is 1.26. The number of nitrogens with two attached hydrogens (primary N) is 1. The monoisotopic (exact) mass is 393 g/mol. The van der Waals surface area contributed by atoms with Gasteiger partial charge in [-0.15, -0.1) is 30.6 Å². The molecule has 0 aromatic heterocycles. The molecule has 106 valence electrons. The second-order valence-electron chi connectivity index (χ2n) is 3.48. The highest BCUT2D eigenvalue weighted by Crippen LogP contribution is 2.14. The van der Waals surface area contributed by atoms with Crippen LogP contribution < -0.4 is 15.8 Å². The summed E-state index contributed by atoms with van der Waals surface area (Å²) in [6.07, 6.45) is 1.88. The predicted molar refractivity (Wildman–Crippen MR) is 96.0 cm³/mol. The van der Waals surface area contributed by atoms with Crippen LogP contribution in [0.5, 0.6) is 5.75 Å². The van der Waals surface area contributed by atoms with Crippen molar-refractivity contribution in [2.75, 3.05) is 30.5 Å². The van der Waals surface area contributed by atoms with Crippen LogP contribution in [-0.2, 0) is 0 Å². The molecule has 1 aromatic carbocycles. The van der Waals surface area contributed by atoms with Crippen LogP contribution in [0.3, 0.4) is 0 Å². The number of hydrogen-bond donors (Lipinski definition) is 2. The van der Waals surface area contributed by atoms with E-state index in [0.717, 1.165) is 22.9 Å². The molecule has 0 aliphatic rings. The number of guanidine groups is 1. The van der Waals surface area contributed by atoms with Gasteiger partial charge in [0.25, 0.3) is 0 Å². The van der Waals surface area contributed by atoms with E-state index in [-0.39, 0.29) is 24.0 Å². The third-order valence-corrected chi connectivity index (χ3v) is 3.06. The summed E-state index contributed by atoms with van der Waals surface area (Å²) in [4.78, 5) is 4.23. The lowest BCUT2D eigenvalue weighted by Gasteiger charge is -2.06. The Kier molecular flexibility index (Phi) is 10.5. The zero-order valence-corrected chi connectivity index (χ0v) is 14.1. The van der Waals surface area contributed by atoms with Crippen molar-refractivity contribution >= 4 is 47.4 Å². The standard InChI is InChI=1S/C13H19N3OS.HI/c1-3-9-18-10-8-15-13(14)16-11-4-6-12(17-2)7-5-11;/h3-7H,1,8-10H2,2H3,(H3,14,15,16);1H. The molecule has 0 fully saturated rings. The minimum atomic E-state index is 0. The summed E-state index contributed by atoms with van der Waals surface area (Å²) in [6, 6.07) is 7.53. The maximum Gasteiger partial charge on any atom is 0.193 e. The van der Waals surface area contributed by atoms with Gasteiger partial charge in [0.1, 0.15) is 5.75 Å². The fourth-order valence-corrected chi connectivity index (χ4v) is 1.81. The Labute approximate surface area is 135 Å². The molecule has 0 heterocycles. The van der Waals surface area contributed by atoms with Crippen LogP contribution in [0.4, 0.5) is 5.69 Å². The minimum absolute atomic E-state index is 0. The first-order valence-corrected chi connectivity index (χ1v) is 6.81. The van der Waals surface area contributed by atoms with Gasteiger partial charge in [0.15, 0.2) is 5.96 Å². The highest BCUT2D eigenvalue weighted by atomic mass is 127. The molecule has 3 N–H and O–H groups in total. The fraction of sp³-hybridized carbons (Fsp3) is 0.308. The molecular weight excluding hydrogens is 373 g/mol. The molecule has 0 aliphatic carbocycles. The van der Waals surface area contributed by atoms with Gasteiger partial charge < -0.3 is 15.8 Å². The number of anilines is 1. The van der Waals surface area contributed by atoms with Gasteiger partial charge in [-0.05, 0) is 24.3 Å². The molecule has 4 nitrogen and oxygen atoms in total. The minimum Gasteiger partial charge on any atom is -0.497 e. The Morgan fingerprint density at radius 3 is 2.74 bits per heavy atom. The second kappa shape index (κ2) is 11.0. The molecule has 1 rings (SSSR count). The summed E-state index contributed by atoms with van der Waals surface area (Å²) in [6.45, 7) is 4.36. The van der Waals surface area contributed by atoms with Crippen LogP contribution in [0.25, 0.3) is 0 Å². The topological polar surface area (TPSA) is 59.6 Å². The number of thioether (sulfide) groups is 1. The molecule has 0 radical (unpaired) electrons. The highest BCUT2D eigenvalue weighted by molar-refractivity contribution is 14.0. The summed E-state index contributed by atoms with van der Waals surface area (Å²) < 4.78 is 5.08. The van der Waals surface area contributed by atoms with Gasteiger partial charge in [-0.2, -0.15) is 11.8 Å². The summed E-state index contributed by atoms with van der Waals surface area (Å²) in [7, 11) is 1.64. The van der Waals surface area contributed by atoms with Crippen LogP contribution in [0.2, 0.25) is 0 Å². The first-order chi connectivity index (χ1) is 8.76. The summed E-state index contributed by atoms with van der Waals surface area (Å²) in [5.74, 6) is 3.13. The van der Waals surface area contributed by atoms with Crippen molar-refractivity contribution in [3.63, 3.8) is 0 Å². The largest absolute Gasteiger partial charge is 0.497 e. The van der Waals surface area contributed by atoms with Gasteiger partial charge in [-0.1, -0.05) is 6.08 Å². The smallest absolute Gasteiger partial charge is 0.193 e. The number of nitrogens with one attached hydrogen (secondary N) is 1. The van der Waals surface area contributed by atoms with E-state index in [0.29, 0.717) is 12.5 Å². The van der Waals surface area contributed by atoms with Crippen molar-refractivity contribution in [1.29, 1.82) is 0 Å². The number of halogens is 1. The predicted octanol–water partition coefficient (Wildman–Crippen LogP) is 2.96. The van der Waals surface area contributed by atoms with Crippen LogP contribution in [0, 0.1) is 0 Å². The molecule has 1 aromatic rings. The first kappa shape index (κ1) is 18.1. The lowest BCUT2D eigenvalue weighted by Crippen LogP contribution is -2.23. The average Bonchev–Trinajstić information content (AvgIpc) is 2.39. The van der Waals surface area contributed by atoms with Crippen LogP contribution in [0.1, 0.15) is 0 Å². The van der Waals surface area contributed by atoms with Gasteiger partial charge in [-0.25, -0.2) is 0 Å². The Morgan fingerprint density at radius 1 is 1.47 bits per heavy atom. The van der Waals surface area contributed by atoms with Crippen LogP contribution in [-0.4, -0.2) is 31.1 Å². The summed E-state index contributed by atoms with van der Waals surface area (Å²) >= 11 is 1.78. The Morgan fingerprint density at radius 2 is 2.16 bits per heavy atom. The third kappa shape index (κ3) is 7.99. The number of hydrogen-bond acceptors (Lipinski definition) is 3. The van der Waals surface area contributed by atoms with Gasteiger partial charge >= 0.3 is 0 Å². The van der Waals surface area contributed by atoms with Crippen molar-refractivity contribution in [3.05, 3.63) is 36.9 Å². The van der Waals surface area contributed by atoms with Crippen LogP contribution in [0.15, 0.2) is 41.9 Å². The molecule has 0 saturated heterocycles. The number of aliphatic imine (C=N–C) groups is 1. The van der Waals surface area contributed by atoms with Crippen molar-refractivity contribution < 1.29 is 4.74 Å². The molecule has 0 bridgehead atoms. The van der Waals surface area contributed by atoms with Gasteiger partial charge in [-0.3, -0.25) is 4.99 Å². The maximum absolute atomic E-state index is 5.77. The molecule has 0 saturated carbocycles. The average molecular weight is 393 g/mol. The van der Waals surface area contributed by atoms with Crippen molar-refractivity contribution in [3.8, 4) is 5.75 Å². The molecule has 19 heavy (non-hydrogen) atoms. The highest BCUT2D eigenvalue weighted by Gasteiger charge is 1.95. The summed E-state index contributed by atoms with van der Waals surface area (Å²) in [5, 5.41) is 3.03. The third-order valence-electron chi connectivity index (χ3n) is 2.12. The zero-order chi connectivity index (χ0) is 13.2. The number of benzene rings is 1. The molecule has 6 heteroatoms. The van der Waals surface area contributed by atoms with E-state index in [1.54, 1.807) is 18.9 Å². The van der Waals surface area contributed by atoms with Crippen LogP contribution >= 0.6 is 35.7 Å². The summed E-state index contributed by atoms with van der Waals surface area (Å²) in [5.41, 5.74) is 6.67. The van der Waals surface area contributed by atoms with Gasteiger partial charge in [0.05, 0.1) is 13.7 Å². The molecule has 0 spiro atoms. The molecule has 0 atom stereocenters. The Bertz CT molecular complexity index is 395. The van der Waals surface area contributed by atoms with E-state index in [1.165, 1.54) is 0 Å². The second-order valence-corrected chi connectivity index (χ2v) is 4.63. The number of ether oxygens (including phenoxy) is 1. The Balaban J connectivity index is 0.00000324. The molecule has 0 unspecified atom stereocenters. The van der Waals surface area contributed by atoms with E-state index in [4.69, 9.17) is 10.5 Å². The quantitative estimate of drug-likeness (QED) is 0.246. The van der Waals surface area contributed by atoms with Crippen molar-refractivity contribution in [1.82, 2.24) is 0 Å². The van der Waals surface area contributed by atoms with E-state index < -0.39 is 0 Å². The van der Waals surface area contributed by atoms with E-state index in [2.05, 4.69) is 16.9 Å². The van der Waals surface area contributed by atoms with E-state index in [9.17, 15) is 0 Å². The van der Waals surface area contributed by atoms with E-state index >= 15 is 0 Å². The van der Waals surface area contributed by atoms with Crippen molar-refractivity contribution in [2.24, 2.45) is 10.7 Å². The normalized spacial score (nSPS) is 10.5. The number of rotatable bonds is 7. The lowest BCUT2D eigenvalue weighted by molar-refractivity contribution is 0.415. The number of methoxy groups -OCH3 is 1. The van der Waals surface area contributed by atoms with Crippen molar-refractivity contribution in [2.45, 2.75) is 0 Å². The Hall–Kier alpha value is -0.890.